The van der Waals surface area contributed by atoms with Crippen LogP contribution in [0, 0.1) is 0 Å². The van der Waals surface area contributed by atoms with E-state index in [1.54, 1.807) is 7.11 Å². The van der Waals surface area contributed by atoms with Crippen molar-refractivity contribution in [3.63, 3.8) is 0 Å². The molecule has 0 bridgehead atoms. The van der Waals surface area contributed by atoms with Gasteiger partial charge >= 0.3 is 0 Å². The summed E-state index contributed by atoms with van der Waals surface area (Å²) in [7, 11) is 3.60. The van der Waals surface area contributed by atoms with Gasteiger partial charge < -0.3 is 10.1 Å². The van der Waals surface area contributed by atoms with Crippen molar-refractivity contribution < 1.29 is 9.53 Å². The Hall–Kier alpha value is -2.89. The van der Waals surface area contributed by atoms with E-state index in [0.29, 0.717) is 11.5 Å². The lowest BCUT2D eigenvalue weighted by molar-refractivity contribution is 0.0934. The third kappa shape index (κ3) is 2.93. The number of ether oxygens (including phenoxy) is 1. The lowest BCUT2D eigenvalue weighted by atomic mass is 9.92. The minimum Gasteiger partial charge on any atom is -0.497 e. The Morgan fingerprint density at radius 3 is 2.89 bits per heavy atom. The molecule has 0 radical (unpaired) electrons. The largest absolute Gasteiger partial charge is 0.497 e. The van der Waals surface area contributed by atoms with Gasteiger partial charge in [0.05, 0.1) is 30.4 Å². The molecule has 0 spiro atoms. The molecule has 1 fully saturated rings. The molecule has 28 heavy (non-hydrogen) atoms. The molecule has 1 amide bonds. The van der Waals surface area contributed by atoms with E-state index in [-0.39, 0.29) is 11.9 Å². The van der Waals surface area contributed by atoms with Crippen LogP contribution in [0.15, 0.2) is 30.5 Å². The van der Waals surface area contributed by atoms with Crippen molar-refractivity contribution in [2.24, 2.45) is 7.05 Å². The predicted molar refractivity (Wildman–Crippen MR) is 107 cm³/mol. The van der Waals surface area contributed by atoms with Crippen molar-refractivity contribution in [1.29, 1.82) is 0 Å². The minimum absolute atomic E-state index is 0.00291. The fourth-order valence-electron chi connectivity index (χ4n) is 4.22. The maximum Gasteiger partial charge on any atom is 0.252 e. The number of methoxy groups -OCH3 is 1. The number of aryl methyl sites for hydroxylation is 1. The van der Waals surface area contributed by atoms with Crippen LogP contribution in [0.5, 0.6) is 5.75 Å². The van der Waals surface area contributed by atoms with E-state index in [2.05, 4.69) is 10.4 Å². The highest BCUT2D eigenvalue weighted by Crippen LogP contribution is 2.40. The SMILES string of the molecule is COc1ccc2nc(C3CC3)cc(C(=O)N[C@@H]3CCCc4c3cnn4C)c2c1. The van der Waals surface area contributed by atoms with Crippen molar-refractivity contribution in [2.45, 2.75) is 44.1 Å². The second-order valence-corrected chi connectivity index (χ2v) is 7.84. The molecule has 2 aliphatic carbocycles. The number of carbonyl (C=O) groups excluding carboxylic acids is 1. The summed E-state index contributed by atoms with van der Waals surface area (Å²) in [4.78, 5) is 18.1. The Morgan fingerprint density at radius 1 is 1.25 bits per heavy atom. The van der Waals surface area contributed by atoms with Crippen LogP contribution in [-0.2, 0) is 13.5 Å². The standard InChI is InChI=1S/C22H24N4O2/c1-26-21-5-3-4-18(17(21)12-23-26)25-22(27)16-11-20(13-6-7-13)24-19-9-8-14(28-2)10-15(16)19/h8-13,18H,3-7H2,1-2H3,(H,25,27)/t18-/m1/s1. The second-order valence-electron chi connectivity index (χ2n) is 7.84. The third-order valence-electron chi connectivity index (χ3n) is 5.96. The topological polar surface area (TPSA) is 69.0 Å². The van der Waals surface area contributed by atoms with E-state index in [4.69, 9.17) is 9.72 Å². The highest BCUT2D eigenvalue weighted by Gasteiger charge is 2.29. The Morgan fingerprint density at radius 2 is 2.11 bits per heavy atom. The van der Waals surface area contributed by atoms with Crippen LogP contribution in [0.2, 0.25) is 0 Å². The van der Waals surface area contributed by atoms with Crippen LogP contribution in [-0.4, -0.2) is 27.8 Å². The van der Waals surface area contributed by atoms with Crippen molar-refractivity contribution in [1.82, 2.24) is 20.1 Å². The van der Waals surface area contributed by atoms with Crippen molar-refractivity contribution in [2.75, 3.05) is 7.11 Å². The number of pyridine rings is 1. The summed E-state index contributed by atoms with van der Waals surface area (Å²) in [6.07, 6.45) is 7.19. The van der Waals surface area contributed by atoms with Crippen LogP contribution < -0.4 is 10.1 Å². The minimum atomic E-state index is -0.0516. The van der Waals surface area contributed by atoms with Gasteiger partial charge in [-0.15, -0.1) is 0 Å². The van der Waals surface area contributed by atoms with E-state index in [9.17, 15) is 4.79 Å². The van der Waals surface area contributed by atoms with Gasteiger partial charge in [0, 0.05) is 35.3 Å². The summed E-state index contributed by atoms with van der Waals surface area (Å²) in [5.41, 5.74) is 4.91. The summed E-state index contributed by atoms with van der Waals surface area (Å²) in [5, 5.41) is 8.48. The first kappa shape index (κ1) is 17.2. The van der Waals surface area contributed by atoms with Gasteiger partial charge in [-0.1, -0.05) is 0 Å². The van der Waals surface area contributed by atoms with E-state index < -0.39 is 0 Å². The molecule has 2 heterocycles. The van der Waals surface area contributed by atoms with Crippen LogP contribution >= 0.6 is 0 Å². The number of fused-ring (bicyclic) bond motifs is 2. The van der Waals surface area contributed by atoms with Crippen molar-refractivity contribution in [3.8, 4) is 5.75 Å². The number of nitrogens with zero attached hydrogens (tertiary/aromatic N) is 3. The molecule has 1 saturated carbocycles. The number of benzene rings is 1. The molecule has 2 aromatic heterocycles. The molecular formula is C22H24N4O2. The summed E-state index contributed by atoms with van der Waals surface area (Å²) in [6, 6.07) is 7.72. The van der Waals surface area contributed by atoms with E-state index in [0.717, 1.165) is 60.0 Å². The van der Waals surface area contributed by atoms with Crippen LogP contribution in [0.25, 0.3) is 10.9 Å². The molecular weight excluding hydrogens is 352 g/mol. The number of hydrogen-bond acceptors (Lipinski definition) is 4. The molecule has 2 aliphatic rings. The zero-order chi connectivity index (χ0) is 19.3. The van der Waals surface area contributed by atoms with E-state index in [1.165, 1.54) is 5.69 Å². The Bertz CT molecular complexity index is 1070. The van der Waals surface area contributed by atoms with Gasteiger partial charge in [-0.2, -0.15) is 5.10 Å². The van der Waals surface area contributed by atoms with Gasteiger partial charge in [-0.25, -0.2) is 0 Å². The summed E-state index contributed by atoms with van der Waals surface area (Å²) < 4.78 is 7.30. The van der Waals surface area contributed by atoms with Gasteiger partial charge in [0.15, 0.2) is 0 Å². The number of nitrogens with one attached hydrogen (secondary N) is 1. The van der Waals surface area contributed by atoms with Gasteiger partial charge in [-0.3, -0.25) is 14.5 Å². The fraction of sp³-hybridized carbons (Fsp3) is 0.409. The molecule has 0 unspecified atom stereocenters. The van der Waals surface area contributed by atoms with Crippen LogP contribution in [0.3, 0.4) is 0 Å². The first-order valence-electron chi connectivity index (χ1n) is 9.94. The maximum absolute atomic E-state index is 13.3. The number of hydrogen-bond donors (Lipinski definition) is 1. The average molecular weight is 376 g/mol. The molecule has 5 rings (SSSR count). The molecule has 0 saturated heterocycles. The second kappa shape index (κ2) is 6.62. The van der Waals surface area contributed by atoms with Gasteiger partial charge in [0.25, 0.3) is 5.91 Å². The molecule has 1 N–H and O–H groups in total. The highest BCUT2D eigenvalue weighted by molar-refractivity contribution is 6.06. The van der Waals surface area contributed by atoms with Gasteiger partial charge in [-0.05, 0) is 56.4 Å². The molecule has 1 atom stereocenters. The third-order valence-corrected chi connectivity index (χ3v) is 5.96. The Balaban J connectivity index is 1.53. The number of aromatic nitrogens is 3. The molecule has 144 valence electrons. The van der Waals surface area contributed by atoms with Gasteiger partial charge in [0.2, 0.25) is 0 Å². The summed E-state index contributed by atoms with van der Waals surface area (Å²) in [5.74, 6) is 1.16. The maximum atomic E-state index is 13.3. The number of rotatable bonds is 4. The normalized spacial score (nSPS) is 18.7. The lowest BCUT2D eigenvalue weighted by Gasteiger charge is -2.24. The summed E-state index contributed by atoms with van der Waals surface area (Å²) >= 11 is 0. The van der Waals surface area contributed by atoms with Crippen LogP contribution in [0.4, 0.5) is 0 Å². The average Bonchev–Trinajstić information content (AvgIpc) is 3.50. The number of amides is 1. The van der Waals surface area contributed by atoms with E-state index in [1.807, 2.05) is 42.2 Å². The lowest BCUT2D eigenvalue weighted by Crippen LogP contribution is -2.31. The molecule has 1 aromatic carbocycles. The molecule has 6 heteroatoms. The van der Waals surface area contributed by atoms with Crippen LogP contribution in [0.1, 0.15) is 65.0 Å². The van der Waals surface area contributed by atoms with E-state index >= 15 is 0 Å². The number of carbonyl (C=O) groups is 1. The monoisotopic (exact) mass is 376 g/mol. The Kier molecular flexibility index (Phi) is 4.07. The smallest absolute Gasteiger partial charge is 0.252 e. The Labute approximate surface area is 163 Å². The predicted octanol–water partition coefficient (Wildman–Crippen LogP) is 3.66. The molecule has 3 aromatic rings. The molecule has 6 nitrogen and oxygen atoms in total. The fourth-order valence-corrected chi connectivity index (χ4v) is 4.22. The zero-order valence-corrected chi connectivity index (χ0v) is 16.2. The first-order chi connectivity index (χ1) is 13.6. The van der Waals surface area contributed by atoms with Gasteiger partial charge in [0.1, 0.15) is 5.75 Å². The molecule has 0 aliphatic heterocycles. The van der Waals surface area contributed by atoms with Crippen molar-refractivity contribution >= 4 is 16.8 Å². The first-order valence-corrected chi connectivity index (χ1v) is 9.94. The van der Waals surface area contributed by atoms with Crippen molar-refractivity contribution in [3.05, 3.63) is 53.0 Å². The zero-order valence-electron chi connectivity index (χ0n) is 16.2. The quantitative estimate of drug-likeness (QED) is 0.754. The highest BCUT2D eigenvalue weighted by atomic mass is 16.5. The summed E-state index contributed by atoms with van der Waals surface area (Å²) in [6.45, 7) is 0.